The fraction of sp³-hybridized carbons (Fsp3) is 0.238. The number of amides is 1. The molecule has 26 heavy (non-hydrogen) atoms. The Morgan fingerprint density at radius 1 is 1.23 bits per heavy atom. The second-order valence-electron chi connectivity index (χ2n) is 6.47. The van der Waals surface area contributed by atoms with Gasteiger partial charge in [-0.1, -0.05) is 24.3 Å². The zero-order valence-electron chi connectivity index (χ0n) is 14.7. The quantitative estimate of drug-likeness (QED) is 0.766. The molecule has 0 aliphatic carbocycles. The van der Waals surface area contributed by atoms with Crippen LogP contribution in [0.3, 0.4) is 0 Å². The summed E-state index contributed by atoms with van der Waals surface area (Å²) in [5.74, 6) is 1.87. The lowest BCUT2D eigenvalue weighted by molar-refractivity contribution is -0.115. The maximum Gasteiger partial charge on any atom is 0.228 e. The highest BCUT2D eigenvalue weighted by atomic mass is 16.5. The zero-order chi connectivity index (χ0) is 17.9. The molecule has 1 aliphatic rings. The van der Waals surface area contributed by atoms with E-state index < -0.39 is 0 Å². The Kier molecular flexibility index (Phi) is 4.44. The largest absolute Gasteiger partial charge is 0.497 e. The van der Waals surface area contributed by atoms with Crippen LogP contribution in [0.5, 0.6) is 5.75 Å². The van der Waals surface area contributed by atoms with Gasteiger partial charge in [0, 0.05) is 18.7 Å². The molecule has 5 heteroatoms. The average molecular weight is 347 g/mol. The molecule has 1 aromatic heterocycles. The van der Waals surface area contributed by atoms with Gasteiger partial charge in [-0.15, -0.1) is 0 Å². The number of methoxy groups -OCH3 is 1. The first-order valence-corrected chi connectivity index (χ1v) is 8.80. The Hall–Kier alpha value is -3.08. The van der Waals surface area contributed by atoms with Crippen molar-refractivity contribution in [3.63, 3.8) is 0 Å². The minimum atomic E-state index is -0.0451. The molecule has 3 aromatic rings. The van der Waals surface area contributed by atoms with E-state index in [0.29, 0.717) is 6.42 Å². The molecular weight excluding hydrogens is 326 g/mol. The Bertz CT molecular complexity index is 929. The van der Waals surface area contributed by atoms with Crippen LogP contribution in [0.15, 0.2) is 54.7 Å². The highest BCUT2D eigenvalue weighted by Crippen LogP contribution is 2.26. The van der Waals surface area contributed by atoms with Crippen molar-refractivity contribution in [2.45, 2.75) is 25.8 Å². The summed E-state index contributed by atoms with van der Waals surface area (Å²) in [6.07, 6.45) is 4.47. The summed E-state index contributed by atoms with van der Waals surface area (Å²) >= 11 is 0. The summed E-state index contributed by atoms with van der Waals surface area (Å²) in [7, 11) is 1.62. The Balaban J connectivity index is 1.43. The fourth-order valence-corrected chi connectivity index (χ4v) is 3.39. The van der Waals surface area contributed by atoms with Gasteiger partial charge in [0.1, 0.15) is 11.6 Å². The number of carbonyl (C=O) groups is 1. The van der Waals surface area contributed by atoms with E-state index in [0.717, 1.165) is 53.5 Å². The maximum atomic E-state index is 12.3. The smallest absolute Gasteiger partial charge is 0.228 e. The number of hydrogen-bond donors (Lipinski definition) is 1. The van der Waals surface area contributed by atoms with E-state index >= 15 is 0 Å². The standard InChI is InChI=1S/C21H21N3O2/c1-26-18-5-2-4-15(12-18)13-21(25)23-17-9-7-16(8-10-17)19-14-22-20-6-3-11-24(19)20/h2,4-5,7-10,12,14H,3,6,11,13H2,1H3,(H,23,25). The molecule has 4 rings (SSSR count). The molecule has 0 fully saturated rings. The third kappa shape index (κ3) is 3.33. The maximum absolute atomic E-state index is 12.3. The van der Waals surface area contributed by atoms with Crippen molar-refractivity contribution in [1.82, 2.24) is 9.55 Å². The molecule has 0 saturated heterocycles. The van der Waals surface area contributed by atoms with Gasteiger partial charge < -0.3 is 14.6 Å². The van der Waals surface area contributed by atoms with Gasteiger partial charge in [-0.25, -0.2) is 4.98 Å². The van der Waals surface area contributed by atoms with Crippen LogP contribution in [0.4, 0.5) is 5.69 Å². The number of imidazole rings is 1. The Labute approximate surface area is 152 Å². The second kappa shape index (κ2) is 7.04. The molecule has 1 N–H and O–H groups in total. The first-order chi connectivity index (χ1) is 12.7. The third-order valence-electron chi connectivity index (χ3n) is 4.68. The van der Waals surface area contributed by atoms with Gasteiger partial charge >= 0.3 is 0 Å². The molecular formula is C21H21N3O2. The van der Waals surface area contributed by atoms with Crippen LogP contribution < -0.4 is 10.1 Å². The van der Waals surface area contributed by atoms with Crippen LogP contribution in [0.2, 0.25) is 0 Å². The van der Waals surface area contributed by atoms with E-state index in [1.807, 2.05) is 54.7 Å². The molecule has 132 valence electrons. The van der Waals surface area contributed by atoms with Gasteiger partial charge in [0.05, 0.1) is 25.4 Å². The number of anilines is 1. The lowest BCUT2D eigenvalue weighted by Crippen LogP contribution is -2.14. The summed E-state index contributed by atoms with van der Waals surface area (Å²) in [4.78, 5) is 16.8. The number of aromatic nitrogens is 2. The number of fused-ring (bicyclic) bond motifs is 1. The molecule has 0 bridgehead atoms. The van der Waals surface area contributed by atoms with Gasteiger partial charge in [0.15, 0.2) is 0 Å². The molecule has 0 radical (unpaired) electrons. The van der Waals surface area contributed by atoms with Gasteiger partial charge in [0.25, 0.3) is 0 Å². The van der Waals surface area contributed by atoms with Gasteiger partial charge in [-0.05, 0) is 41.8 Å². The van der Waals surface area contributed by atoms with Crippen molar-refractivity contribution in [2.75, 3.05) is 12.4 Å². The SMILES string of the molecule is COc1cccc(CC(=O)Nc2ccc(-c3cnc4n3CCC4)cc2)c1. The summed E-state index contributed by atoms with van der Waals surface area (Å²) in [5, 5.41) is 2.95. The highest BCUT2D eigenvalue weighted by molar-refractivity contribution is 5.92. The minimum Gasteiger partial charge on any atom is -0.497 e. The van der Waals surface area contributed by atoms with Crippen LogP contribution in [0, 0.1) is 0 Å². The van der Waals surface area contributed by atoms with Crippen molar-refractivity contribution in [2.24, 2.45) is 0 Å². The summed E-state index contributed by atoms with van der Waals surface area (Å²) in [5.41, 5.74) is 3.99. The highest BCUT2D eigenvalue weighted by Gasteiger charge is 2.16. The summed E-state index contributed by atoms with van der Waals surface area (Å²) < 4.78 is 7.47. The molecule has 0 unspecified atom stereocenters. The predicted octanol–water partition coefficient (Wildman–Crippen LogP) is 3.69. The summed E-state index contributed by atoms with van der Waals surface area (Å²) in [6, 6.07) is 15.5. The van der Waals surface area contributed by atoms with E-state index in [1.165, 1.54) is 0 Å². The van der Waals surface area contributed by atoms with E-state index in [-0.39, 0.29) is 5.91 Å². The number of nitrogens with one attached hydrogen (secondary N) is 1. The van der Waals surface area contributed by atoms with Crippen LogP contribution in [0.25, 0.3) is 11.3 Å². The van der Waals surface area contributed by atoms with E-state index in [4.69, 9.17) is 4.74 Å². The molecule has 0 atom stereocenters. The van der Waals surface area contributed by atoms with E-state index in [1.54, 1.807) is 7.11 Å². The van der Waals surface area contributed by atoms with Crippen molar-refractivity contribution in [3.8, 4) is 17.0 Å². The number of nitrogens with zero attached hydrogens (tertiary/aromatic N) is 2. The first-order valence-electron chi connectivity index (χ1n) is 8.80. The number of carbonyl (C=O) groups excluding carboxylic acids is 1. The monoisotopic (exact) mass is 347 g/mol. The van der Waals surface area contributed by atoms with Crippen molar-refractivity contribution < 1.29 is 9.53 Å². The number of hydrogen-bond acceptors (Lipinski definition) is 3. The van der Waals surface area contributed by atoms with Crippen molar-refractivity contribution >= 4 is 11.6 Å². The minimum absolute atomic E-state index is 0.0451. The first kappa shape index (κ1) is 16.4. The van der Waals surface area contributed by atoms with E-state index in [2.05, 4.69) is 14.9 Å². The molecule has 1 amide bonds. The summed E-state index contributed by atoms with van der Waals surface area (Å²) in [6.45, 7) is 1.03. The Morgan fingerprint density at radius 3 is 2.88 bits per heavy atom. The van der Waals surface area contributed by atoms with Crippen molar-refractivity contribution in [1.29, 1.82) is 0 Å². The lowest BCUT2D eigenvalue weighted by atomic mass is 10.1. The molecule has 0 saturated carbocycles. The number of rotatable bonds is 5. The van der Waals surface area contributed by atoms with Crippen LogP contribution in [-0.4, -0.2) is 22.6 Å². The number of benzene rings is 2. The van der Waals surface area contributed by atoms with Gasteiger partial charge in [0.2, 0.25) is 5.91 Å². The third-order valence-corrected chi connectivity index (χ3v) is 4.68. The van der Waals surface area contributed by atoms with Crippen LogP contribution in [-0.2, 0) is 24.2 Å². The molecule has 2 aromatic carbocycles. The van der Waals surface area contributed by atoms with Gasteiger partial charge in [-0.3, -0.25) is 4.79 Å². The molecule has 0 spiro atoms. The average Bonchev–Trinajstić information content (AvgIpc) is 3.26. The predicted molar refractivity (Wildman–Crippen MR) is 101 cm³/mol. The topological polar surface area (TPSA) is 56.1 Å². The molecule has 5 nitrogen and oxygen atoms in total. The van der Waals surface area contributed by atoms with E-state index in [9.17, 15) is 4.79 Å². The van der Waals surface area contributed by atoms with Crippen LogP contribution in [0.1, 0.15) is 17.8 Å². The molecule has 1 aliphatic heterocycles. The van der Waals surface area contributed by atoms with Crippen LogP contribution >= 0.6 is 0 Å². The Morgan fingerprint density at radius 2 is 2.08 bits per heavy atom. The lowest BCUT2D eigenvalue weighted by Gasteiger charge is -2.09. The van der Waals surface area contributed by atoms with Gasteiger partial charge in [-0.2, -0.15) is 0 Å². The molecule has 2 heterocycles. The number of ether oxygens (including phenoxy) is 1. The van der Waals surface area contributed by atoms with Crippen molar-refractivity contribution in [3.05, 3.63) is 66.1 Å². The zero-order valence-corrected chi connectivity index (χ0v) is 14.7. The normalized spacial score (nSPS) is 12.7. The fourth-order valence-electron chi connectivity index (χ4n) is 3.39. The second-order valence-corrected chi connectivity index (χ2v) is 6.47. The number of aryl methyl sites for hydroxylation is 1.